The highest BCUT2D eigenvalue weighted by molar-refractivity contribution is 9.10. The molecule has 3 heteroatoms. The van der Waals surface area contributed by atoms with Crippen LogP contribution in [0.5, 0.6) is 5.75 Å². The average Bonchev–Trinajstić information content (AvgIpc) is 2.49. The fourth-order valence-corrected chi connectivity index (χ4v) is 2.39. The summed E-state index contributed by atoms with van der Waals surface area (Å²) in [6.45, 7) is 3.59. The minimum atomic E-state index is 0.602. The summed E-state index contributed by atoms with van der Waals surface area (Å²) in [6.07, 6.45) is 1.07. The van der Waals surface area contributed by atoms with E-state index in [0.717, 1.165) is 23.2 Å². The molecule has 0 atom stereocenters. The number of aryl methyl sites for hydroxylation is 1. The first-order chi connectivity index (χ1) is 9.72. The molecular formula is C17H20BrNO. The molecular weight excluding hydrogens is 314 g/mol. The Morgan fingerprint density at radius 1 is 1.05 bits per heavy atom. The van der Waals surface area contributed by atoms with Crippen LogP contribution in [0.1, 0.15) is 23.6 Å². The van der Waals surface area contributed by atoms with Gasteiger partial charge in [-0.2, -0.15) is 0 Å². The lowest BCUT2D eigenvalue weighted by atomic mass is 10.1. The number of nitrogens with one attached hydrogen (secondary N) is 1. The van der Waals surface area contributed by atoms with Gasteiger partial charge in [0.2, 0.25) is 0 Å². The van der Waals surface area contributed by atoms with Crippen LogP contribution in [-0.4, -0.2) is 7.05 Å². The van der Waals surface area contributed by atoms with Crippen molar-refractivity contribution in [1.82, 2.24) is 5.32 Å². The van der Waals surface area contributed by atoms with E-state index in [1.807, 2.05) is 19.2 Å². The molecule has 0 saturated heterocycles. The van der Waals surface area contributed by atoms with Gasteiger partial charge < -0.3 is 10.1 Å². The van der Waals surface area contributed by atoms with Crippen LogP contribution >= 0.6 is 15.9 Å². The summed E-state index contributed by atoms with van der Waals surface area (Å²) in [7, 11) is 1.94. The summed E-state index contributed by atoms with van der Waals surface area (Å²) in [5.74, 6) is 0.901. The zero-order valence-corrected chi connectivity index (χ0v) is 13.5. The number of ether oxygens (including phenoxy) is 1. The Morgan fingerprint density at radius 3 is 2.40 bits per heavy atom. The fraction of sp³-hybridized carbons (Fsp3) is 0.294. The second kappa shape index (κ2) is 7.46. The van der Waals surface area contributed by atoms with Gasteiger partial charge in [-0.05, 0) is 48.4 Å². The normalized spacial score (nSPS) is 10.6. The molecule has 106 valence electrons. The largest absolute Gasteiger partial charge is 0.489 e. The van der Waals surface area contributed by atoms with Gasteiger partial charge in [-0.3, -0.25) is 0 Å². The number of halogens is 1. The van der Waals surface area contributed by atoms with Crippen LogP contribution in [0.25, 0.3) is 0 Å². The molecule has 0 saturated carbocycles. The van der Waals surface area contributed by atoms with Crippen molar-refractivity contribution in [1.29, 1.82) is 0 Å². The highest BCUT2D eigenvalue weighted by atomic mass is 79.9. The second-order valence-corrected chi connectivity index (χ2v) is 5.60. The zero-order valence-electron chi connectivity index (χ0n) is 11.9. The van der Waals surface area contributed by atoms with Crippen molar-refractivity contribution in [2.24, 2.45) is 0 Å². The van der Waals surface area contributed by atoms with E-state index < -0.39 is 0 Å². The monoisotopic (exact) mass is 333 g/mol. The molecule has 2 aromatic carbocycles. The Kier molecular flexibility index (Phi) is 5.62. The van der Waals surface area contributed by atoms with Crippen LogP contribution in [0.2, 0.25) is 0 Å². The van der Waals surface area contributed by atoms with Gasteiger partial charge >= 0.3 is 0 Å². The van der Waals surface area contributed by atoms with Crippen molar-refractivity contribution in [3.05, 3.63) is 63.6 Å². The molecule has 0 radical (unpaired) electrons. The van der Waals surface area contributed by atoms with Gasteiger partial charge in [0.1, 0.15) is 12.4 Å². The number of benzene rings is 2. The maximum Gasteiger partial charge on any atom is 0.120 e. The lowest BCUT2D eigenvalue weighted by Crippen LogP contribution is -2.06. The summed E-state index contributed by atoms with van der Waals surface area (Å²) in [6, 6.07) is 14.7. The summed E-state index contributed by atoms with van der Waals surface area (Å²) in [4.78, 5) is 0. The van der Waals surface area contributed by atoms with Gasteiger partial charge in [0.15, 0.2) is 0 Å². The van der Waals surface area contributed by atoms with Gasteiger partial charge in [0.25, 0.3) is 0 Å². The van der Waals surface area contributed by atoms with Crippen molar-refractivity contribution >= 4 is 15.9 Å². The summed E-state index contributed by atoms with van der Waals surface area (Å²) in [5.41, 5.74) is 3.75. The van der Waals surface area contributed by atoms with Crippen molar-refractivity contribution < 1.29 is 4.74 Å². The molecule has 0 fully saturated rings. The Hall–Kier alpha value is -1.32. The summed E-state index contributed by atoms with van der Waals surface area (Å²) >= 11 is 3.55. The van der Waals surface area contributed by atoms with Crippen LogP contribution < -0.4 is 10.1 Å². The minimum absolute atomic E-state index is 0.602. The quantitative estimate of drug-likeness (QED) is 0.850. The van der Waals surface area contributed by atoms with Crippen molar-refractivity contribution in [3.63, 3.8) is 0 Å². The van der Waals surface area contributed by atoms with Crippen molar-refractivity contribution in [2.45, 2.75) is 26.5 Å². The third-order valence-corrected chi connectivity index (χ3v) is 3.99. The highest BCUT2D eigenvalue weighted by Gasteiger charge is 2.02. The van der Waals surface area contributed by atoms with Crippen LogP contribution in [0.15, 0.2) is 46.9 Å². The first-order valence-electron chi connectivity index (χ1n) is 6.86. The third-order valence-electron chi connectivity index (χ3n) is 3.22. The summed E-state index contributed by atoms with van der Waals surface area (Å²) < 4.78 is 6.96. The molecule has 0 unspecified atom stereocenters. The van der Waals surface area contributed by atoms with Gasteiger partial charge in [0, 0.05) is 11.0 Å². The van der Waals surface area contributed by atoms with Crippen LogP contribution in [0.4, 0.5) is 0 Å². The first-order valence-corrected chi connectivity index (χ1v) is 7.66. The molecule has 0 aromatic heterocycles. The number of hydrogen-bond donors (Lipinski definition) is 1. The van der Waals surface area contributed by atoms with E-state index in [1.54, 1.807) is 0 Å². The van der Waals surface area contributed by atoms with Crippen molar-refractivity contribution in [3.8, 4) is 5.75 Å². The van der Waals surface area contributed by atoms with E-state index in [-0.39, 0.29) is 0 Å². The predicted molar refractivity (Wildman–Crippen MR) is 87.1 cm³/mol. The van der Waals surface area contributed by atoms with Gasteiger partial charge in [0.05, 0.1) is 0 Å². The van der Waals surface area contributed by atoms with E-state index in [2.05, 4.69) is 58.5 Å². The Balaban J connectivity index is 2.00. The molecule has 2 aromatic rings. The molecule has 2 rings (SSSR count). The van der Waals surface area contributed by atoms with E-state index in [0.29, 0.717) is 6.61 Å². The summed E-state index contributed by atoms with van der Waals surface area (Å²) in [5, 5.41) is 3.15. The van der Waals surface area contributed by atoms with Gasteiger partial charge in [-0.1, -0.05) is 47.1 Å². The lowest BCUT2D eigenvalue weighted by Gasteiger charge is -2.10. The number of hydrogen-bond acceptors (Lipinski definition) is 2. The zero-order chi connectivity index (χ0) is 14.4. The minimum Gasteiger partial charge on any atom is -0.489 e. The molecule has 0 aliphatic heterocycles. The molecule has 0 aliphatic carbocycles. The number of rotatable bonds is 6. The Bertz CT molecular complexity index is 551. The molecule has 0 amide bonds. The second-order valence-electron chi connectivity index (χ2n) is 4.74. The lowest BCUT2D eigenvalue weighted by molar-refractivity contribution is 0.306. The Labute approximate surface area is 129 Å². The van der Waals surface area contributed by atoms with Crippen LogP contribution in [0, 0.1) is 0 Å². The van der Waals surface area contributed by atoms with Gasteiger partial charge in [-0.15, -0.1) is 0 Å². The maximum atomic E-state index is 5.86. The first kappa shape index (κ1) is 15.1. The molecule has 2 nitrogen and oxygen atoms in total. The highest BCUT2D eigenvalue weighted by Crippen LogP contribution is 2.23. The predicted octanol–water partition coefficient (Wildman–Crippen LogP) is 4.31. The molecule has 1 N–H and O–H groups in total. The molecule has 0 heterocycles. The van der Waals surface area contributed by atoms with E-state index in [1.165, 1.54) is 16.7 Å². The van der Waals surface area contributed by atoms with E-state index in [4.69, 9.17) is 4.74 Å². The van der Waals surface area contributed by atoms with Crippen LogP contribution in [-0.2, 0) is 19.6 Å². The molecule has 0 spiro atoms. The van der Waals surface area contributed by atoms with Crippen LogP contribution in [0.3, 0.4) is 0 Å². The average molecular weight is 334 g/mol. The standard InChI is InChI=1S/C17H20BrNO/c1-3-13-4-6-14(7-5-13)12-20-16-8-9-17(18)15(10-16)11-19-2/h4-10,19H,3,11-12H2,1-2H3. The third kappa shape index (κ3) is 4.09. The SMILES string of the molecule is CCc1ccc(COc2ccc(Br)c(CNC)c2)cc1. The fourth-order valence-electron chi connectivity index (χ4n) is 2.00. The maximum absolute atomic E-state index is 5.86. The molecule has 0 aliphatic rings. The molecule has 20 heavy (non-hydrogen) atoms. The van der Waals surface area contributed by atoms with E-state index in [9.17, 15) is 0 Å². The van der Waals surface area contributed by atoms with Gasteiger partial charge in [-0.25, -0.2) is 0 Å². The van der Waals surface area contributed by atoms with Crippen molar-refractivity contribution in [2.75, 3.05) is 7.05 Å². The van der Waals surface area contributed by atoms with E-state index >= 15 is 0 Å². The Morgan fingerprint density at radius 2 is 1.75 bits per heavy atom. The topological polar surface area (TPSA) is 21.3 Å². The smallest absolute Gasteiger partial charge is 0.120 e. The molecule has 0 bridgehead atoms.